The number of hydrogen-bond donors (Lipinski definition) is 1. The lowest BCUT2D eigenvalue weighted by molar-refractivity contribution is 1.22. The third kappa shape index (κ3) is 1.99. The molecule has 1 aromatic heterocycles. The van der Waals surface area contributed by atoms with E-state index in [0.29, 0.717) is 5.69 Å². The normalized spacial score (nSPS) is 11.0. The van der Waals surface area contributed by atoms with Gasteiger partial charge in [-0.3, -0.25) is 4.79 Å². The molecule has 0 fully saturated rings. The third-order valence-electron chi connectivity index (χ3n) is 3.61. The minimum Gasteiger partial charge on any atom is -0.319 e. The maximum Gasteiger partial charge on any atom is 0.274 e. The van der Waals surface area contributed by atoms with E-state index in [0.717, 1.165) is 27.4 Å². The van der Waals surface area contributed by atoms with Crippen LogP contribution in [0.5, 0.6) is 0 Å². The van der Waals surface area contributed by atoms with Crippen molar-refractivity contribution in [1.29, 1.82) is 0 Å². The van der Waals surface area contributed by atoms with Crippen molar-refractivity contribution in [2.75, 3.05) is 0 Å². The van der Waals surface area contributed by atoms with Gasteiger partial charge >= 0.3 is 0 Å². The second-order valence-corrected chi connectivity index (χ2v) is 5.00. The highest BCUT2D eigenvalue weighted by atomic mass is 16.1. The number of nitrogens with one attached hydrogen (secondary N) is 1. The molecule has 3 heteroatoms. The predicted molar refractivity (Wildman–Crippen MR) is 85.3 cm³/mol. The fraction of sp³-hybridized carbons (Fsp3) is 0. The zero-order chi connectivity index (χ0) is 14.2. The average molecular weight is 272 g/mol. The van der Waals surface area contributed by atoms with Crippen molar-refractivity contribution in [1.82, 2.24) is 9.97 Å². The summed E-state index contributed by atoms with van der Waals surface area (Å²) in [6.45, 7) is 0. The number of nitrogens with zero attached hydrogens (tertiary/aromatic N) is 1. The van der Waals surface area contributed by atoms with Crippen LogP contribution in [-0.2, 0) is 0 Å². The van der Waals surface area contributed by atoms with Crippen LogP contribution in [-0.4, -0.2) is 9.97 Å². The van der Waals surface area contributed by atoms with Gasteiger partial charge in [0, 0.05) is 5.56 Å². The zero-order valence-electron chi connectivity index (χ0n) is 11.2. The molecule has 0 radical (unpaired) electrons. The first-order valence-electron chi connectivity index (χ1n) is 6.79. The van der Waals surface area contributed by atoms with Crippen molar-refractivity contribution in [2.45, 2.75) is 0 Å². The van der Waals surface area contributed by atoms with Gasteiger partial charge < -0.3 is 4.98 Å². The van der Waals surface area contributed by atoms with Gasteiger partial charge in [0.2, 0.25) is 0 Å². The number of aromatic amines is 1. The van der Waals surface area contributed by atoms with E-state index < -0.39 is 0 Å². The van der Waals surface area contributed by atoms with Crippen LogP contribution in [0.15, 0.2) is 71.5 Å². The van der Waals surface area contributed by atoms with Crippen LogP contribution in [0.2, 0.25) is 0 Å². The Kier molecular flexibility index (Phi) is 2.57. The number of fused-ring (bicyclic) bond motifs is 2. The molecule has 3 aromatic carbocycles. The molecule has 0 spiro atoms. The van der Waals surface area contributed by atoms with Gasteiger partial charge in [0.15, 0.2) is 0 Å². The number of rotatable bonds is 1. The molecule has 0 amide bonds. The molecular formula is C18H12N2O. The standard InChI is InChI=1S/C18H12N2O/c21-18-17(12-6-2-1-3-7-12)19-15-10-13-8-4-5-9-14(13)11-16(15)20-18/h1-11H,(H,20,21). The maximum atomic E-state index is 12.3. The van der Waals surface area contributed by atoms with Gasteiger partial charge in [0.1, 0.15) is 5.69 Å². The van der Waals surface area contributed by atoms with E-state index in [2.05, 4.69) is 9.97 Å². The Morgan fingerprint density at radius 3 is 2.24 bits per heavy atom. The predicted octanol–water partition coefficient (Wildman–Crippen LogP) is 3.74. The largest absolute Gasteiger partial charge is 0.319 e. The fourth-order valence-corrected chi connectivity index (χ4v) is 2.57. The Hall–Kier alpha value is -2.94. The van der Waals surface area contributed by atoms with Crippen LogP contribution >= 0.6 is 0 Å². The lowest BCUT2D eigenvalue weighted by Gasteiger charge is -2.04. The van der Waals surface area contributed by atoms with Crippen LogP contribution in [0, 0.1) is 0 Å². The quantitative estimate of drug-likeness (QED) is 0.536. The van der Waals surface area contributed by atoms with Crippen LogP contribution in [0.25, 0.3) is 33.1 Å². The molecule has 3 nitrogen and oxygen atoms in total. The fourth-order valence-electron chi connectivity index (χ4n) is 2.57. The first-order chi connectivity index (χ1) is 10.3. The molecule has 4 aromatic rings. The first kappa shape index (κ1) is 11.9. The molecule has 0 saturated heterocycles. The monoisotopic (exact) mass is 272 g/mol. The molecule has 4 rings (SSSR count). The molecular weight excluding hydrogens is 260 g/mol. The summed E-state index contributed by atoms with van der Waals surface area (Å²) in [5, 5.41) is 2.21. The molecule has 100 valence electrons. The highest BCUT2D eigenvalue weighted by molar-refractivity contribution is 5.95. The van der Waals surface area contributed by atoms with E-state index >= 15 is 0 Å². The summed E-state index contributed by atoms with van der Waals surface area (Å²) >= 11 is 0. The van der Waals surface area contributed by atoms with Gasteiger partial charge in [0.05, 0.1) is 11.0 Å². The number of benzene rings is 3. The Morgan fingerprint density at radius 1 is 0.810 bits per heavy atom. The Morgan fingerprint density at radius 2 is 1.48 bits per heavy atom. The van der Waals surface area contributed by atoms with E-state index in [1.54, 1.807) is 0 Å². The van der Waals surface area contributed by atoms with E-state index in [1.165, 1.54) is 0 Å². The molecule has 21 heavy (non-hydrogen) atoms. The van der Waals surface area contributed by atoms with Crippen molar-refractivity contribution in [3.05, 3.63) is 77.1 Å². The molecule has 1 N–H and O–H groups in total. The van der Waals surface area contributed by atoms with Crippen LogP contribution < -0.4 is 5.56 Å². The van der Waals surface area contributed by atoms with Gasteiger partial charge in [-0.05, 0) is 22.9 Å². The minimum absolute atomic E-state index is 0.163. The van der Waals surface area contributed by atoms with Gasteiger partial charge in [0.25, 0.3) is 5.56 Å². The lowest BCUT2D eigenvalue weighted by atomic mass is 10.1. The minimum atomic E-state index is -0.163. The van der Waals surface area contributed by atoms with Crippen LogP contribution in [0.4, 0.5) is 0 Å². The first-order valence-corrected chi connectivity index (χ1v) is 6.79. The number of hydrogen-bond acceptors (Lipinski definition) is 2. The van der Waals surface area contributed by atoms with Crippen molar-refractivity contribution < 1.29 is 0 Å². The summed E-state index contributed by atoms with van der Waals surface area (Å²) in [5.41, 5.74) is 2.68. The number of H-pyrrole nitrogens is 1. The van der Waals surface area contributed by atoms with Crippen molar-refractivity contribution in [3.8, 4) is 11.3 Å². The average Bonchev–Trinajstić information content (AvgIpc) is 2.53. The molecule has 0 bridgehead atoms. The van der Waals surface area contributed by atoms with Crippen LogP contribution in [0.3, 0.4) is 0 Å². The van der Waals surface area contributed by atoms with Gasteiger partial charge in [-0.1, -0.05) is 54.6 Å². The lowest BCUT2D eigenvalue weighted by Crippen LogP contribution is -2.11. The highest BCUT2D eigenvalue weighted by Gasteiger charge is 2.07. The summed E-state index contributed by atoms with van der Waals surface area (Å²) in [6.07, 6.45) is 0. The van der Waals surface area contributed by atoms with E-state index in [9.17, 15) is 4.79 Å². The van der Waals surface area contributed by atoms with E-state index in [1.807, 2.05) is 66.7 Å². The summed E-state index contributed by atoms with van der Waals surface area (Å²) in [6, 6.07) is 21.5. The second-order valence-electron chi connectivity index (χ2n) is 5.00. The molecule has 0 unspecified atom stereocenters. The molecule has 0 saturated carbocycles. The summed E-state index contributed by atoms with van der Waals surface area (Å²) in [7, 11) is 0. The zero-order valence-corrected chi connectivity index (χ0v) is 11.2. The maximum absolute atomic E-state index is 12.3. The Labute approximate surface area is 120 Å². The highest BCUT2D eigenvalue weighted by Crippen LogP contribution is 2.21. The van der Waals surface area contributed by atoms with Crippen LogP contribution in [0.1, 0.15) is 0 Å². The van der Waals surface area contributed by atoms with Gasteiger partial charge in [-0.2, -0.15) is 0 Å². The Balaban J connectivity index is 2.05. The van der Waals surface area contributed by atoms with Gasteiger partial charge in [-0.15, -0.1) is 0 Å². The Bertz CT molecular complexity index is 1000. The smallest absolute Gasteiger partial charge is 0.274 e. The van der Waals surface area contributed by atoms with Gasteiger partial charge in [-0.25, -0.2) is 4.98 Å². The number of aromatic nitrogens is 2. The van der Waals surface area contributed by atoms with Crippen molar-refractivity contribution in [3.63, 3.8) is 0 Å². The SMILES string of the molecule is O=c1[nH]c2cc3ccccc3cc2nc1-c1ccccc1. The van der Waals surface area contributed by atoms with Crippen molar-refractivity contribution in [2.24, 2.45) is 0 Å². The molecule has 0 aliphatic heterocycles. The van der Waals surface area contributed by atoms with Crippen molar-refractivity contribution >= 4 is 21.8 Å². The second kappa shape index (κ2) is 4.56. The van der Waals surface area contributed by atoms with E-state index in [-0.39, 0.29) is 5.56 Å². The molecule has 1 heterocycles. The summed E-state index contributed by atoms with van der Waals surface area (Å²) in [5.74, 6) is 0. The molecule has 0 atom stereocenters. The topological polar surface area (TPSA) is 45.8 Å². The summed E-state index contributed by atoms with van der Waals surface area (Å²) in [4.78, 5) is 19.7. The molecule has 0 aliphatic rings. The summed E-state index contributed by atoms with van der Waals surface area (Å²) < 4.78 is 0. The molecule has 0 aliphatic carbocycles. The third-order valence-corrected chi connectivity index (χ3v) is 3.61. The van der Waals surface area contributed by atoms with E-state index in [4.69, 9.17) is 0 Å².